The van der Waals surface area contributed by atoms with E-state index in [1.807, 2.05) is 6.07 Å². The molecule has 9 heteroatoms. The molecular formula is C23H22ClFN6S. The summed E-state index contributed by atoms with van der Waals surface area (Å²) >= 11 is 7.18. The van der Waals surface area contributed by atoms with Crippen LogP contribution in [-0.2, 0) is 0 Å². The van der Waals surface area contributed by atoms with Gasteiger partial charge in [0.1, 0.15) is 16.5 Å². The van der Waals surface area contributed by atoms with Gasteiger partial charge in [-0.3, -0.25) is 0 Å². The lowest BCUT2D eigenvalue weighted by Crippen LogP contribution is -2.47. The van der Waals surface area contributed by atoms with E-state index in [4.69, 9.17) is 21.6 Å². The van der Waals surface area contributed by atoms with Crippen LogP contribution in [-0.4, -0.2) is 31.0 Å². The first-order valence-electron chi connectivity index (χ1n) is 11.0. The van der Waals surface area contributed by atoms with E-state index < -0.39 is 0 Å². The van der Waals surface area contributed by atoms with Crippen molar-refractivity contribution in [3.05, 3.63) is 40.9 Å². The van der Waals surface area contributed by atoms with Crippen molar-refractivity contribution in [2.24, 2.45) is 17.8 Å². The number of hydrogen-bond acceptors (Lipinski definition) is 6. The summed E-state index contributed by atoms with van der Waals surface area (Å²) in [5.74, 6) is 3.30. The van der Waals surface area contributed by atoms with Crippen LogP contribution in [0.4, 0.5) is 10.2 Å². The van der Waals surface area contributed by atoms with Gasteiger partial charge in [0.25, 0.3) is 0 Å². The van der Waals surface area contributed by atoms with Crippen LogP contribution >= 0.6 is 22.9 Å². The molecule has 7 rings (SSSR count). The second kappa shape index (κ2) is 7.78. The fourth-order valence-corrected chi connectivity index (χ4v) is 6.26. The molecule has 0 saturated heterocycles. The van der Waals surface area contributed by atoms with E-state index in [9.17, 15) is 4.39 Å². The van der Waals surface area contributed by atoms with Crippen LogP contribution in [0.25, 0.3) is 33.1 Å². The third-order valence-corrected chi connectivity index (χ3v) is 8.17. The van der Waals surface area contributed by atoms with Gasteiger partial charge < -0.3 is 10.3 Å². The van der Waals surface area contributed by atoms with Gasteiger partial charge in [-0.05, 0) is 55.6 Å². The van der Waals surface area contributed by atoms with E-state index >= 15 is 0 Å². The highest BCUT2D eigenvalue weighted by molar-refractivity contribution is 7.13. The zero-order chi connectivity index (χ0) is 21.8. The van der Waals surface area contributed by atoms with Crippen molar-refractivity contribution in [1.82, 2.24) is 24.9 Å². The molecule has 6 nitrogen and oxygen atoms in total. The third kappa shape index (κ3) is 3.46. The zero-order valence-corrected chi connectivity index (χ0v) is 19.1. The van der Waals surface area contributed by atoms with Crippen LogP contribution < -0.4 is 5.32 Å². The van der Waals surface area contributed by atoms with E-state index in [1.165, 1.54) is 37.9 Å². The second-order valence-electron chi connectivity index (χ2n) is 8.86. The predicted molar refractivity (Wildman–Crippen MR) is 125 cm³/mol. The first-order valence-corrected chi connectivity index (χ1v) is 12.2. The van der Waals surface area contributed by atoms with Crippen molar-refractivity contribution in [3.63, 3.8) is 0 Å². The summed E-state index contributed by atoms with van der Waals surface area (Å²) in [7, 11) is 0. The molecule has 2 atom stereocenters. The van der Waals surface area contributed by atoms with Crippen LogP contribution in [0.3, 0.4) is 0 Å². The van der Waals surface area contributed by atoms with Crippen LogP contribution in [0.5, 0.6) is 0 Å². The van der Waals surface area contributed by atoms with E-state index in [1.54, 1.807) is 12.3 Å². The molecule has 3 saturated carbocycles. The molecule has 4 heterocycles. The topological polar surface area (TPSA) is 79.4 Å². The minimum absolute atomic E-state index is 0.238. The summed E-state index contributed by atoms with van der Waals surface area (Å²) in [6.45, 7) is 2.35. The normalized spacial score (nSPS) is 24.8. The van der Waals surface area contributed by atoms with Crippen LogP contribution in [0.15, 0.2) is 30.6 Å². The molecule has 0 spiro atoms. The second-order valence-corrected chi connectivity index (χ2v) is 10.3. The van der Waals surface area contributed by atoms with Gasteiger partial charge in [0.05, 0.1) is 22.3 Å². The van der Waals surface area contributed by atoms with Gasteiger partial charge in [-0.2, -0.15) is 4.39 Å². The molecule has 4 aromatic rings. The Bertz CT molecular complexity index is 1290. The van der Waals surface area contributed by atoms with Crippen molar-refractivity contribution in [2.45, 2.75) is 38.6 Å². The Morgan fingerprint density at radius 2 is 1.94 bits per heavy atom. The molecule has 0 amide bonds. The Morgan fingerprint density at radius 3 is 2.69 bits per heavy atom. The number of anilines is 1. The van der Waals surface area contributed by atoms with Gasteiger partial charge in [-0.25, -0.2) is 19.9 Å². The van der Waals surface area contributed by atoms with Crippen LogP contribution in [0, 0.1) is 22.9 Å². The number of rotatable bonds is 4. The maximum absolute atomic E-state index is 13.8. The minimum atomic E-state index is -0.238. The predicted octanol–water partition coefficient (Wildman–Crippen LogP) is 6.17. The fourth-order valence-electron chi connectivity index (χ4n) is 5.43. The summed E-state index contributed by atoms with van der Waals surface area (Å²) in [6, 6.07) is 5.54. The Labute approximate surface area is 193 Å². The zero-order valence-electron chi connectivity index (χ0n) is 17.5. The molecular weight excluding hydrogens is 447 g/mol. The first-order chi connectivity index (χ1) is 15.5. The Hall–Kier alpha value is -2.58. The lowest BCUT2D eigenvalue weighted by Gasteiger charge is -2.47. The summed E-state index contributed by atoms with van der Waals surface area (Å²) in [4.78, 5) is 22.2. The minimum Gasteiger partial charge on any atom is -0.367 e. The Balaban J connectivity index is 1.45. The van der Waals surface area contributed by atoms with E-state index in [0.29, 0.717) is 45.7 Å². The molecule has 2 bridgehead atoms. The first kappa shape index (κ1) is 20.1. The number of aromatic nitrogens is 5. The van der Waals surface area contributed by atoms with E-state index in [-0.39, 0.29) is 5.13 Å². The maximum atomic E-state index is 13.8. The highest BCUT2D eigenvalue weighted by Crippen LogP contribution is 2.46. The number of halogens is 2. The largest absolute Gasteiger partial charge is 0.367 e. The molecule has 4 aromatic heterocycles. The quantitative estimate of drug-likeness (QED) is 0.374. The lowest BCUT2D eigenvalue weighted by molar-refractivity contribution is 0.0928. The SMILES string of the molecule is C[C@H]1C2CCC(CC2)[C@@H]1Nc1cc(-c2ccc(F)s2)nc(-c2c[nH]c3ncc(Cl)nc23)n1. The van der Waals surface area contributed by atoms with Gasteiger partial charge >= 0.3 is 0 Å². The summed E-state index contributed by atoms with van der Waals surface area (Å²) in [6.07, 6.45) is 8.49. The number of H-pyrrole nitrogens is 1. The molecule has 2 N–H and O–H groups in total. The number of aromatic amines is 1. The molecule has 32 heavy (non-hydrogen) atoms. The summed E-state index contributed by atoms with van der Waals surface area (Å²) in [5, 5.41) is 3.80. The maximum Gasteiger partial charge on any atom is 0.177 e. The standard InChI is InChI=1S/C23H22ClFN6S/c1-11-12-2-4-13(5-3-12)20(11)30-19-8-15(16-6-7-18(25)32-16)28-22(31-19)14-9-26-23-21(14)29-17(24)10-27-23/h6-13,20H,2-5H2,1H3,(H,26,27)(H,28,30,31)/t11-,12?,13?,20+/m0/s1. The van der Waals surface area contributed by atoms with Gasteiger partial charge in [0.15, 0.2) is 16.6 Å². The molecule has 164 valence electrons. The third-order valence-electron chi connectivity index (χ3n) is 7.09. The fraction of sp³-hybridized carbons (Fsp3) is 0.391. The van der Waals surface area contributed by atoms with Crippen molar-refractivity contribution < 1.29 is 4.39 Å². The monoisotopic (exact) mass is 468 g/mol. The molecule has 0 unspecified atom stereocenters. The van der Waals surface area contributed by atoms with Gasteiger partial charge in [0.2, 0.25) is 0 Å². The van der Waals surface area contributed by atoms with Crippen molar-refractivity contribution in [1.29, 1.82) is 0 Å². The molecule has 0 aliphatic heterocycles. The van der Waals surface area contributed by atoms with E-state index in [0.717, 1.165) is 33.5 Å². The van der Waals surface area contributed by atoms with Crippen molar-refractivity contribution in [2.75, 3.05) is 5.32 Å². The highest BCUT2D eigenvalue weighted by Gasteiger charge is 2.41. The van der Waals surface area contributed by atoms with Crippen molar-refractivity contribution >= 4 is 39.9 Å². The smallest absolute Gasteiger partial charge is 0.177 e. The van der Waals surface area contributed by atoms with Crippen LogP contribution in [0.2, 0.25) is 5.15 Å². The Kier molecular flexibility index (Phi) is 4.87. The Morgan fingerprint density at radius 1 is 1.12 bits per heavy atom. The number of nitrogens with zero attached hydrogens (tertiary/aromatic N) is 4. The average Bonchev–Trinajstić information content (AvgIpc) is 3.42. The number of thiophene rings is 1. The highest BCUT2D eigenvalue weighted by atomic mass is 35.5. The molecule has 3 aliphatic carbocycles. The van der Waals surface area contributed by atoms with E-state index in [2.05, 4.69) is 27.2 Å². The van der Waals surface area contributed by atoms with Gasteiger partial charge in [0, 0.05) is 18.3 Å². The van der Waals surface area contributed by atoms with Gasteiger partial charge in [-0.15, -0.1) is 11.3 Å². The summed E-state index contributed by atoms with van der Waals surface area (Å²) < 4.78 is 13.8. The molecule has 3 aliphatic rings. The van der Waals surface area contributed by atoms with Crippen molar-refractivity contribution in [3.8, 4) is 22.0 Å². The number of fused-ring (bicyclic) bond motifs is 4. The average molecular weight is 469 g/mol. The molecule has 3 fully saturated rings. The molecule has 0 aromatic carbocycles. The lowest BCUT2D eigenvalue weighted by atomic mass is 9.62. The van der Waals surface area contributed by atoms with Gasteiger partial charge in [-0.1, -0.05) is 18.5 Å². The molecule has 0 radical (unpaired) electrons. The number of hydrogen-bond donors (Lipinski definition) is 2. The summed E-state index contributed by atoms with van der Waals surface area (Å²) in [5.41, 5.74) is 2.64. The number of nitrogens with one attached hydrogen (secondary N) is 2. The van der Waals surface area contributed by atoms with Crippen LogP contribution in [0.1, 0.15) is 32.6 Å².